The maximum atomic E-state index is 14.3. The van der Waals surface area contributed by atoms with Crippen molar-refractivity contribution < 1.29 is 18.0 Å². The van der Waals surface area contributed by atoms with Crippen molar-refractivity contribution >= 4 is 66.7 Å². The monoisotopic (exact) mass is 687 g/mol. The Bertz CT molecular complexity index is 1660. The number of rotatable bonds is 11. The molecular weight excluding hydrogens is 661 g/mol. The molecule has 42 heavy (non-hydrogen) atoms. The molecule has 0 aliphatic carbocycles. The van der Waals surface area contributed by atoms with Crippen LogP contribution >= 0.6 is 39.1 Å². The third kappa shape index (κ3) is 7.72. The van der Waals surface area contributed by atoms with Crippen molar-refractivity contribution in [1.29, 1.82) is 0 Å². The van der Waals surface area contributed by atoms with Crippen molar-refractivity contribution in [2.24, 2.45) is 0 Å². The predicted octanol–water partition coefficient (Wildman–Crippen LogP) is 6.34. The molecule has 0 spiro atoms. The minimum atomic E-state index is -4.28. The van der Waals surface area contributed by atoms with E-state index in [4.69, 9.17) is 23.2 Å². The second-order valence-corrected chi connectivity index (χ2v) is 13.0. The van der Waals surface area contributed by atoms with Crippen molar-refractivity contribution in [3.8, 4) is 0 Å². The molecule has 0 saturated heterocycles. The largest absolute Gasteiger partial charge is 0.357 e. The van der Waals surface area contributed by atoms with Gasteiger partial charge in [0.25, 0.3) is 10.0 Å². The van der Waals surface area contributed by atoms with E-state index in [0.29, 0.717) is 0 Å². The van der Waals surface area contributed by atoms with Gasteiger partial charge in [0.2, 0.25) is 11.8 Å². The molecule has 4 aromatic rings. The van der Waals surface area contributed by atoms with E-state index in [2.05, 4.69) is 21.2 Å². The van der Waals surface area contributed by atoms with Crippen LogP contribution in [0.25, 0.3) is 0 Å². The summed E-state index contributed by atoms with van der Waals surface area (Å²) >= 11 is 16.2. The van der Waals surface area contributed by atoms with Gasteiger partial charge in [-0.2, -0.15) is 0 Å². The molecule has 0 bridgehead atoms. The van der Waals surface area contributed by atoms with Crippen LogP contribution in [0.4, 0.5) is 5.69 Å². The van der Waals surface area contributed by atoms with E-state index in [-0.39, 0.29) is 39.5 Å². The summed E-state index contributed by atoms with van der Waals surface area (Å²) in [7, 11) is -2.78. The Morgan fingerprint density at radius 2 is 1.50 bits per heavy atom. The Morgan fingerprint density at radius 3 is 2.14 bits per heavy atom. The molecule has 0 aliphatic rings. The molecule has 1 N–H and O–H groups in total. The molecule has 0 saturated carbocycles. The number of sulfonamides is 1. The minimum absolute atomic E-state index is 0.0282. The fourth-order valence-electron chi connectivity index (χ4n) is 4.46. The summed E-state index contributed by atoms with van der Waals surface area (Å²) in [6.07, 6.45) is 0.212. The molecule has 0 heterocycles. The predicted molar refractivity (Wildman–Crippen MR) is 170 cm³/mol. The van der Waals surface area contributed by atoms with Gasteiger partial charge in [-0.15, -0.1) is 0 Å². The third-order valence-electron chi connectivity index (χ3n) is 6.55. The number of carbonyl (C=O) groups excluding carboxylic acids is 2. The number of hydrogen-bond donors (Lipinski definition) is 1. The molecule has 0 unspecified atom stereocenters. The lowest BCUT2D eigenvalue weighted by Crippen LogP contribution is -2.53. The van der Waals surface area contributed by atoms with Gasteiger partial charge in [0.15, 0.2) is 0 Å². The van der Waals surface area contributed by atoms with E-state index < -0.39 is 28.5 Å². The first-order chi connectivity index (χ1) is 20.1. The van der Waals surface area contributed by atoms with E-state index in [1.54, 1.807) is 18.2 Å². The van der Waals surface area contributed by atoms with Crippen molar-refractivity contribution in [1.82, 2.24) is 10.2 Å². The number of carbonyl (C=O) groups is 2. The second-order valence-electron chi connectivity index (χ2n) is 9.39. The van der Waals surface area contributed by atoms with Crippen LogP contribution in [-0.2, 0) is 32.6 Å². The molecule has 4 aromatic carbocycles. The number of benzene rings is 4. The molecule has 11 heteroatoms. The average molecular weight is 689 g/mol. The fourth-order valence-corrected chi connectivity index (χ4v) is 6.79. The highest BCUT2D eigenvalue weighted by Gasteiger charge is 2.35. The second kappa shape index (κ2) is 14.2. The topological polar surface area (TPSA) is 86.8 Å². The zero-order valence-electron chi connectivity index (χ0n) is 22.6. The zero-order chi connectivity index (χ0) is 30.3. The van der Waals surface area contributed by atoms with Gasteiger partial charge in [-0.05, 0) is 53.6 Å². The van der Waals surface area contributed by atoms with Crippen LogP contribution in [0.5, 0.6) is 0 Å². The number of nitrogens with one attached hydrogen (secondary N) is 1. The van der Waals surface area contributed by atoms with Gasteiger partial charge >= 0.3 is 0 Å². The van der Waals surface area contributed by atoms with E-state index in [1.165, 1.54) is 42.3 Å². The van der Waals surface area contributed by atoms with Crippen molar-refractivity contribution in [2.75, 3.05) is 17.9 Å². The third-order valence-corrected chi connectivity index (χ3v) is 9.37. The van der Waals surface area contributed by atoms with Crippen molar-refractivity contribution in [3.05, 3.63) is 129 Å². The van der Waals surface area contributed by atoms with Gasteiger partial charge in [-0.3, -0.25) is 13.9 Å². The number of anilines is 1. The van der Waals surface area contributed by atoms with Crippen LogP contribution in [0.3, 0.4) is 0 Å². The molecule has 1 atom stereocenters. The Balaban J connectivity index is 1.81. The minimum Gasteiger partial charge on any atom is -0.357 e. The van der Waals surface area contributed by atoms with Crippen LogP contribution < -0.4 is 9.62 Å². The first-order valence-corrected chi connectivity index (χ1v) is 15.9. The molecule has 0 aliphatic heterocycles. The van der Waals surface area contributed by atoms with Gasteiger partial charge in [-0.25, -0.2) is 8.42 Å². The lowest BCUT2D eigenvalue weighted by molar-refractivity contribution is -0.139. The molecule has 218 valence electrons. The van der Waals surface area contributed by atoms with Gasteiger partial charge < -0.3 is 10.2 Å². The first-order valence-electron chi connectivity index (χ1n) is 12.9. The summed E-state index contributed by atoms with van der Waals surface area (Å²) in [5.74, 6) is -0.990. The molecule has 4 rings (SSSR count). The molecular formula is C31H28BrCl2N3O4S. The van der Waals surface area contributed by atoms with Gasteiger partial charge in [0, 0.05) is 29.5 Å². The maximum absolute atomic E-state index is 14.3. The number of hydrogen-bond acceptors (Lipinski definition) is 4. The standard InChI is InChI=1S/C31H28BrCl2N3O4S/c1-35-31(39)29(18-22-9-4-2-5-10-22)36(20-23-11-8-12-24(32)17-23)30(38)21-37(28-19-25(33)15-16-27(28)34)42(40,41)26-13-6-3-7-14-26/h2-17,19,29H,18,20-21H2,1H3,(H,35,39)/t29-/m0/s1. The Kier molecular flexibility index (Phi) is 10.7. The van der Waals surface area contributed by atoms with Crippen LogP contribution in [-0.4, -0.2) is 44.8 Å². The summed E-state index contributed by atoms with van der Waals surface area (Å²) < 4.78 is 29.7. The summed E-state index contributed by atoms with van der Waals surface area (Å²) in [5, 5.41) is 3.00. The number of amides is 2. The van der Waals surface area contributed by atoms with Gasteiger partial charge in [0.1, 0.15) is 12.6 Å². The lowest BCUT2D eigenvalue weighted by Gasteiger charge is -2.33. The number of nitrogens with zero attached hydrogens (tertiary/aromatic N) is 2. The molecule has 2 amide bonds. The quantitative estimate of drug-likeness (QED) is 0.199. The molecule has 0 fully saturated rings. The van der Waals surface area contributed by atoms with Crippen LogP contribution in [0, 0.1) is 0 Å². The first kappa shape index (κ1) is 31.6. The lowest BCUT2D eigenvalue weighted by atomic mass is 10.0. The smallest absolute Gasteiger partial charge is 0.264 e. The summed E-state index contributed by atoms with van der Waals surface area (Å²) in [4.78, 5) is 29.0. The fraction of sp³-hybridized carbons (Fsp3) is 0.161. The van der Waals surface area contributed by atoms with Crippen LogP contribution in [0.1, 0.15) is 11.1 Å². The zero-order valence-corrected chi connectivity index (χ0v) is 26.5. The average Bonchev–Trinajstić information content (AvgIpc) is 2.99. The van der Waals surface area contributed by atoms with Crippen LogP contribution in [0.2, 0.25) is 10.0 Å². The van der Waals surface area contributed by atoms with E-state index in [9.17, 15) is 18.0 Å². The van der Waals surface area contributed by atoms with E-state index in [0.717, 1.165) is 19.9 Å². The van der Waals surface area contributed by atoms with E-state index >= 15 is 0 Å². The highest BCUT2D eigenvalue weighted by Crippen LogP contribution is 2.33. The Labute approximate surface area is 264 Å². The summed E-state index contributed by atoms with van der Waals surface area (Å²) in [6.45, 7) is -0.584. The van der Waals surface area contributed by atoms with Gasteiger partial charge in [0.05, 0.1) is 15.6 Å². The molecule has 0 radical (unpaired) electrons. The number of likely N-dealkylation sites (N-methyl/N-ethyl adjacent to an activating group) is 1. The van der Waals surface area contributed by atoms with Crippen molar-refractivity contribution in [2.45, 2.75) is 23.9 Å². The highest BCUT2D eigenvalue weighted by molar-refractivity contribution is 9.10. The van der Waals surface area contributed by atoms with Crippen LogP contribution in [0.15, 0.2) is 112 Å². The normalized spacial score (nSPS) is 11.9. The summed E-state index contributed by atoms with van der Waals surface area (Å²) in [5.41, 5.74) is 1.63. The highest BCUT2D eigenvalue weighted by atomic mass is 79.9. The maximum Gasteiger partial charge on any atom is 0.264 e. The molecule has 7 nitrogen and oxygen atoms in total. The summed E-state index contributed by atoms with van der Waals surface area (Å²) in [6, 6.07) is 27.9. The van der Waals surface area contributed by atoms with Gasteiger partial charge in [-0.1, -0.05) is 99.8 Å². The van der Waals surface area contributed by atoms with E-state index in [1.807, 2.05) is 54.6 Å². The Morgan fingerprint density at radius 1 is 0.857 bits per heavy atom. The number of halogens is 3. The SMILES string of the molecule is CNC(=O)[C@H](Cc1ccccc1)N(Cc1cccc(Br)c1)C(=O)CN(c1cc(Cl)ccc1Cl)S(=O)(=O)c1ccccc1. The Hall–Kier alpha value is -3.37. The molecule has 0 aromatic heterocycles. The van der Waals surface area contributed by atoms with Crippen molar-refractivity contribution in [3.63, 3.8) is 0 Å².